The molecule has 4 heteroatoms. The predicted molar refractivity (Wildman–Crippen MR) is 84.1 cm³/mol. The predicted octanol–water partition coefficient (Wildman–Crippen LogP) is 3.26. The number of nitrogens with zero attached hydrogens (tertiary/aromatic N) is 2. The zero-order chi connectivity index (χ0) is 14.8. The van der Waals surface area contributed by atoms with E-state index in [1.165, 1.54) is 24.1 Å². The van der Waals surface area contributed by atoms with Crippen molar-refractivity contribution in [2.45, 2.75) is 45.2 Å². The van der Waals surface area contributed by atoms with Crippen molar-refractivity contribution < 1.29 is 4.74 Å². The van der Waals surface area contributed by atoms with E-state index in [0.29, 0.717) is 12.0 Å². The molecule has 0 saturated heterocycles. The van der Waals surface area contributed by atoms with E-state index in [4.69, 9.17) is 4.74 Å². The maximum Gasteiger partial charge on any atom is 0.121 e. The number of methoxy groups -OCH3 is 1. The Bertz CT molecular complexity index is 614. The molecule has 1 saturated carbocycles. The average molecular weight is 285 g/mol. The standard InChI is InChI=1S/C17H23N3O/c1-12(2)17-13(10-18-14-7-8-14)11-19-20(17)15-5-4-6-16(9-15)21-3/h4-6,9,11-12,14,18H,7-8,10H2,1-3H3. The monoisotopic (exact) mass is 285 g/mol. The fourth-order valence-electron chi connectivity index (χ4n) is 2.63. The van der Waals surface area contributed by atoms with Gasteiger partial charge in [-0.15, -0.1) is 0 Å². The molecule has 0 aliphatic heterocycles. The first-order valence-corrected chi connectivity index (χ1v) is 7.63. The quantitative estimate of drug-likeness (QED) is 0.885. The molecule has 0 bridgehead atoms. The van der Waals surface area contributed by atoms with E-state index in [2.05, 4.69) is 30.3 Å². The van der Waals surface area contributed by atoms with Gasteiger partial charge in [0.1, 0.15) is 5.75 Å². The van der Waals surface area contributed by atoms with Crippen molar-refractivity contribution in [2.75, 3.05) is 7.11 Å². The van der Waals surface area contributed by atoms with Gasteiger partial charge in [-0.3, -0.25) is 0 Å². The lowest BCUT2D eigenvalue weighted by Crippen LogP contribution is -2.17. The maximum absolute atomic E-state index is 5.32. The summed E-state index contributed by atoms with van der Waals surface area (Å²) in [5.74, 6) is 1.28. The average Bonchev–Trinajstić information content (AvgIpc) is 3.22. The molecule has 1 aromatic heterocycles. The van der Waals surface area contributed by atoms with Crippen LogP contribution in [0.4, 0.5) is 0 Å². The Hall–Kier alpha value is -1.81. The first-order chi connectivity index (χ1) is 10.2. The molecule has 21 heavy (non-hydrogen) atoms. The van der Waals surface area contributed by atoms with Gasteiger partial charge in [-0.25, -0.2) is 4.68 Å². The summed E-state index contributed by atoms with van der Waals surface area (Å²) in [7, 11) is 1.69. The van der Waals surface area contributed by atoms with E-state index < -0.39 is 0 Å². The maximum atomic E-state index is 5.32. The number of aromatic nitrogens is 2. The Morgan fingerprint density at radius 1 is 1.38 bits per heavy atom. The van der Waals surface area contributed by atoms with Crippen LogP contribution in [0.15, 0.2) is 30.5 Å². The van der Waals surface area contributed by atoms with Gasteiger partial charge >= 0.3 is 0 Å². The normalized spacial score (nSPS) is 14.7. The fraction of sp³-hybridized carbons (Fsp3) is 0.471. The Balaban J connectivity index is 1.92. The molecule has 4 nitrogen and oxygen atoms in total. The lowest BCUT2D eigenvalue weighted by Gasteiger charge is -2.14. The molecule has 1 fully saturated rings. The minimum Gasteiger partial charge on any atom is -0.497 e. The van der Waals surface area contributed by atoms with Crippen molar-refractivity contribution in [2.24, 2.45) is 0 Å². The molecular formula is C17H23N3O. The minimum atomic E-state index is 0.426. The van der Waals surface area contributed by atoms with Gasteiger partial charge in [0.25, 0.3) is 0 Å². The molecule has 112 valence electrons. The second-order valence-electron chi connectivity index (χ2n) is 5.98. The summed E-state index contributed by atoms with van der Waals surface area (Å²) in [5, 5.41) is 8.18. The number of hydrogen-bond acceptors (Lipinski definition) is 3. The largest absolute Gasteiger partial charge is 0.497 e. The first-order valence-electron chi connectivity index (χ1n) is 7.63. The second-order valence-corrected chi connectivity index (χ2v) is 5.98. The zero-order valence-corrected chi connectivity index (χ0v) is 13.0. The van der Waals surface area contributed by atoms with Crippen molar-refractivity contribution in [1.29, 1.82) is 0 Å². The van der Waals surface area contributed by atoms with Crippen LogP contribution in [0, 0.1) is 0 Å². The van der Waals surface area contributed by atoms with Gasteiger partial charge < -0.3 is 10.1 Å². The molecule has 1 aliphatic carbocycles. The SMILES string of the molecule is COc1cccc(-n2ncc(CNC3CC3)c2C(C)C)c1. The molecule has 1 aromatic carbocycles. The molecule has 0 atom stereocenters. The number of rotatable bonds is 6. The van der Waals surface area contributed by atoms with Crippen LogP contribution < -0.4 is 10.1 Å². The molecule has 0 spiro atoms. The minimum absolute atomic E-state index is 0.426. The summed E-state index contributed by atoms with van der Waals surface area (Å²) in [6, 6.07) is 8.76. The van der Waals surface area contributed by atoms with E-state index in [9.17, 15) is 0 Å². The molecular weight excluding hydrogens is 262 g/mol. The van der Waals surface area contributed by atoms with Gasteiger partial charge in [-0.2, -0.15) is 5.10 Å². The highest BCUT2D eigenvalue weighted by atomic mass is 16.5. The van der Waals surface area contributed by atoms with E-state index in [0.717, 1.165) is 18.0 Å². The smallest absolute Gasteiger partial charge is 0.121 e. The van der Waals surface area contributed by atoms with Gasteiger partial charge in [0, 0.05) is 24.2 Å². The van der Waals surface area contributed by atoms with Crippen LogP contribution in [-0.4, -0.2) is 22.9 Å². The number of benzene rings is 1. The van der Waals surface area contributed by atoms with Crippen molar-refractivity contribution >= 4 is 0 Å². The van der Waals surface area contributed by atoms with Gasteiger partial charge in [-0.1, -0.05) is 19.9 Å². The molecule has 1 N–H and O–H groups in total. The summed E-state index contributed by atoms with van der Waals surface area (Å²) < 4.78 is 7.36. The third-order valence-electron chi connectivity index (χ3n) is 3.89. The van der Waals surface area contributed by atoms with Crippen molar-refractivity contribution in [1.82, 2.24) is 15.1 Å². The first kappa shape index (κ1) is 14.1. The Morgan fingerprint density at radius 3 is 2.86 bits per heavy atom. The topological polar surface area (TPSA) is 39.1 Å². The Labute approximate surface area is 126 Å². The highest BCUT2D eigenvalue weighted by molar-refractivity contribution is 5.41. The number of hydrogen-bond donors (Lipinski definition) is 1. The van der Waals surface area contributed by atoms with Crippen LogP contribution in [0.25, 0.3) is 5.69 Å². The molecule has 3 rings (SSSR count). The van der Waals surface area contributed by atoms with Crippen molar-refractivity contribution in [3.8, 4) is 11.4 Å². The molecule has 2 aromatic rings. The highest BCUT2D eigenvalue weighted by Gasteiger charge is 2.22. The number of nitrogens with one attached hydrogen (secondary N) is 1. The molecule has 0 radical (unpaired) electrons. The lowest BCUT2D eigenvalue weighted by molar-refractivity contribution is 0.414. The third-order valence-corrected chi connectivity index (χ3v) is 3.89. The molecule has 1 aliphatic rings. The van der Waals surface area contributed by atoms with Crippen LogP contribution in [0.5, 0.6) is 5.75 Å². The molecule has 0 unspecified atom stereocenters. The fourth-order valence-corrected chi connectivity index (χ4v) is 2.63. The molecule has 1 heterocycles. The van der Waals surface area contributed by atoms with E-state index >= 15 is 0 Å². The van der Waals surface area contributed by atoms with Crippen LogP contribution in [0.3, 0.4) is 0 Å². The van der Waals surface area contributed by atoms with Crippen molar-refractivity contribution in [3.63, 3.8) is 0 Å². The number of ether oxygens (including phenoxy) is 1. The van der Waals surface area contributed by atoms with Gasteiger partial charge in [0.15, 0.2) is 0 Å². The summed E-state index contributed by atoms with van der Waals surface area (Å²) in [6.07, 6.45) is 4.60. The Kier molecular flexibility index (Phi) is 3.97. The van der Waals surface area contributed by atoms with Crippen molar-refractivity contribution in [3.05, 3.63) is 41.7 Å². The van der Waals surface area contributed by atoms with E-state index in [1.54, 1.807) is 7.11 Å². The van der Waals surface area contributed by atoms with Gasteiger partial charge in [0.05, 0.1) is 24.7 Å². The van der Waals surface area contributed by atoms with Crippen LogP contribution in [0.2, 0.25) is 0 Å². The highest BCUT2D eigenvalue weighted by Crippen LogP contribution is 2.26. The van der Waals surface area contributed by atoms with E-state index in [1.807, 2.05) is 29.1 Å². The van der Waals surface area contributed by atoms with Crippen LogP contribution in [-0.2, 0) is 6.54 Å². The van der Waals surface area contributed by atoms with Crippen LogP contribution >= 0.6 is 0 Å². The third kappa shape index (κ3) is 3.10. The summed E-state index contributed by atoms with van der Waals surface area (Å²) in [5.41, 5.74) is 3.62. The Morgan fingerprint density at radius 2 is 2.19 bits per heavy atom. The van der Waals surface area contributed by atoms with Gasteiger partial charge in [-0.05, 0) is 30.9 Å². The van der Waals surface area contributed by atoms with Crippen LogP contribution in [0.1, 0.15) is 43.9 Å². The van der Waals surface area contributed by atoms with E-state index in [-0.39, 0.29) is 0 Å². The molecule has 0 amide bonds. The van der Waals surface area contributed by atoms with Gasteiger partial charge in [0.2, 0.25) is 0 Å². The summed E-state index contributed by atoms with van der Waals surface area (Å²) in [6.45, 7) is 5.34. The zero-order valence-electron chi connectivity index (χ0n) is 13.0. The lowest BCUT2D eigenvalue weighted by atomic mass is 10.1. The summed E-state index contributed by atoms with van der Waals surface area (Å²) >= 11 is 0. The summed E-state index contributed by atoms with van der Waals surface area (Å²) in [4.78, 5) is 0. The second kappa shape index (κ2) is 5.90.